The smallest absolute Gasteiger partial charge is 0.307 e. The molecule has 0 radical (unpaired) electrons. The summed E-state index contributed by atoms with van der Waals surface area (Å²) in [6, 6.07) is 9.59. The maximum atomic E-state index is 11.8. The Balaban J connectivity index is 1.71. The second-order valence-electron chi connectivity index (χ2n) is 5.26. The molecule has 0 amide bonds. The van der Waals surface area contributed by atoms with Gasteiger partial charge in [0.2, 0.25) is 0 Å². The van der Waals surface area contributed by atoms with Crippen LogP contribution in [0.5, 0.6) is 0 Å². The van der Waals surface area contributed by atoms with Crippen LogP contribution in [-0.4, -0.2) is 61.7 Å². The third-order valence-corrected chi connectivity index (χ3v) is 3.55. The fourth-order valence-electron chi connectivity index (χ4n) is 2.35. The first-order valence-corrected chi connectivity index (χ1v) is 7.42. The van der Waals surface area contributed by atoms with E-state index in [4.69, 9.17) is 14.2 Å². The summed E-state index contributed by atoms with van der Waals surface area (Å²) in [6.45, 7) is 1.96. The molecule has 2 atom stereocenters. The molecule has 22 heavy (non-hydrogen) atoms. The number of hydrogen-bond donors (Lipinski definition) is 1. The van der Waals surface area contributed by atoms with Crippen LogP contribution < -0.4 is 0 Å². The van der Waals surface area contributed by atoms with E-state index in [-0.39, 0.29) is 25.0 Å². The van der Waals surface area contributed by atoms with Crippen LogP contribution in [0, 0.1) is 0 Å². The molecule has 1 saturated heterocycles. The molecule has 1 aliphatic heterocycles. The van der Waals surface area contributed by atoms with Gasteiger partial charge in [-0.25, -0.2) is 0 Å². The van der Waals surface area contributed by atoms with Crippen LogP contribution >= 0.6 is 0 Å². The molecular formula is C16H23NO5. The summed E-state index contributed by atoms with van der Waals surface area (Å²) < 4.78 is 15.9. The number of methoxy groups -OCH3 is 1. The summed E-state index contributed by atoms with van der Waals surface area (Å²) in [5, 5.41) is 9.21. The fourth-order valence-corrected chi connectivity index (χ4v) is 2.35. The average Bonchev–Trinajstić information content (AvgIpc) is 2.58. The molecule has 1 aromatic rings. The first-order chi connectivity index (χ1) is 10.7. The number of ether oxygens (including phenoxy) is 3. The van der Waals surface area contributed by atoms with Crippen molar-refractivity contribution in [3.63, 3.8) is 0 Å². The minimum Gasteiger partial charge on any atom is -0.461 e. The van der Waals surface area contributed by atoms with Crippen LogP contribution in [0.1, 0.15) is 12.0 Å². The van der Waals surface area contributed by atoms with E-state index in [2.05, 4.69) is 0 Å². The normalized spacial score (nSPS) is 22.5. The molecule has 1 aromatic carbocycles. The van der Waals surface area contributed by atoms with Gasteiger partial charge in [-0.1, -0.05) is 30.3 Å². The van der Waals surface area contributed by atoms with E-state index >= 15 is 0 Å². The molecule has 0 aromatic heterocycles. The minimum atomic E-state index is -0.369. The van der Waals surface area contributed by atoms with Crippen LogP contribution in [0.25, 0.3) is 0 Å². The van der Waals surface area contributed by atoms with E-state index < -0.39 is 0 Å². The Morgan fingerprint density at radius 1 is 1.36 bits per heavy atom. The number of carbonyl (C=O) groups is 1. The minimum absolute atomic E-state index is 0.0607. The number of morpholine rings is 1. The standard InChI is InChI=1S/C16H23NO5/c1-20-16-10-17(9-14(11-18)22-16)8-7-15(19)21-12-13-5-3-2-4-6-13/h2-6,14,16,18H,7-12H2,1H3/t14-,16-/m0/s1. The van der Waals surface area contributed by atoms with Crippen LogP contribution in [0.15, 0.2) is 30.3 Å². The molecule has 6 nitrogen and oxygen atoms in total. The van der Waals surface area contributed by atoms with Gasteiger partial charge in [-0.3, -0.25) is 9.69 Å². The Bertz CT molecular complexity index is 441. The zero-order valence-corrected chi connectivity index (χ0v) is 12.8. The SMILES string of the molecule is CO[C@@H]1CN(CCC(=O)OCc2ccccc2)C[C@@H](CO)O1. The largest absolute Gasteiger partial charge is 0.461 e. The van der Waals surface area contributed by atoms with Gasteiger partial charge in [0.25, 0.3) is 0 Å². The Kier molecular flexibility index (Phi) is 6.79. The van der Waals surface area contributed by atoms with Gasteiger partial charge in [-0.05, 0) is 5.56 Å². The number of carbonyl (C=O) groups excluding carboxylic acids is 1. The molecule has 0 saturated carbocycles. The van der Waals surface area contributed by atoms with E-state index in [9.17, 15) is 9.90 Å². The number of nitrogens with zero attached hydrogens (tertiary/aromatic N) is 1. The highest BCUT2D eigenvalue weighted by molar-refractivity contribution is 5.69. The topological polar surface area (TPSA) is 68.2 Å². The summed E-state index contributed by atoms with van der Waals surface area (Å²) >= 11 is 0. The highest BCUT2D eigenvalue weighted by Gasteiger charge is 2.27. The summed E-state index contributed by atoms with van der Waals surface area (Å²) in [4.78, 5) is 13.8. The molecule has 0 spiro atoms. The first kappa shape index (κ1) is 16.9. The van der Waals surface area contributed by atoms with Gasteiger partial charge in [0.05, 0.1) is 19.1 Å². The highest BCUT2D eigenvalue weighted by Crippen LogP contribution is 2.12. The van der Waals surface area contributed by atoms with Crippen LogP contribution in [0.4, 0.5) is 0 Å². The maximum Gasteiger partial charge on any atom is 0.307 e. The van der Waals surface area contributed by atoms with Crippen molar-refractivity contribution in [1.82, 2.24) is 4.90 Å². The number of benzene rings is 1. The van der Waals surface area contributed by atoms with E-state index in [1.807, 2.05) is 35.2 Å². The molecular weight excluding hydrogens is 286 g/mol. The summed E-state index contributed by atoms with van der Waals surface area (Å²) in [5.41, 5.74) is 0.974. The molecule has 0 bridgehead atoms. The monoisotopic (exact) mass is 309 g/mol. The van der Waals surface area contributed by atoms with Gasteiger partial charge in [-0.2, -0.15) is 0 Å². The molecule has 1 aliphatic rings. The van der Waals surface area contributed by atoms with Crippen molar-refractivity contribution in [3.05, 3.63) is 35.9 Å². The molecule has 2 rings (SSSR count). The van der Waals surface area contributed by atoms with E-state index in [0.29, 0.717) is 32.7 Å². The van der Waals surface area contributed by atoms with Crippen LogP contribution in [0.2, 0.25) is 0 Å². The Morgan fingerprint density at radius 2 is 2.14 bits per heavy atom. The van der Waals surface area contributed by atoms with Crippen LogP contribution in [0.3, 0.4) is 0 Å². The van der Waals surface area contributed by atoms with Gasteiger partial charge in [0.1, 0.15) is 6.61 Å². The van der Waals surface area contributed by atoms with Crippen molar-refractivity contribution in [2.24, 2.45) is 0 Å². The third kappa shape index (κ3) is 5.38. The van der Waals surface area contributed by atoms with Gasteiger partial charge in [0, 0.05) is 26.7 Å². The Labute approximate surface area is 130 Å². The van der Waals surface area contributed by atoms with Gasteiger partial charge in [0.15, 0.2) is 6.29 Å². The zero-order valence-electron chi connectivity index (χ0n) is 12.8. The summed E-state index contributed by atoms with van der Waals surface area (Å²) in [5.74, 6) is -0.232. The Morgan fingerprint density at radius 3 is 2.82 bits per heavy atom. The number of aliphatic hydroxyl groups excluding tert-OH is 1. The lowest BCUT2D eigenvalue weighted by molar-refractivity contribution is -0.206. The molecule has 1 N–H and O–H groups in total. The summed E-state index contributed by atoms with van der Waals surface area (Å²) in [6.07, 6.45) is -0.341. The lowest BCUT2D eigenvalue weighted by Gasteiger charge is -2.36. The fraction of sp³-hybridized carbons (Fsp3) is 0.562. The molecule has 1 fully saturated rings. The van der Waals surface area contributed by atoms with E-state index in [1.165, 1.54) is 0 Å². The second kappa shape index (κ2) is 8.85. The lowest BCUT2D eigenvalue weighted by atomic mass is 10.2. The molecule has 0 unspecified atom stereocenters. The van der Waals surface area contributed by atoms with Gasteiger partial charge < -0.3 is 19.3 Å². The van der Waals surface area contributed by atoms with Crippen molar-refractivity contribution >= 4 is 5.97 Å². The molecule has 122 valence electrons. The quantitative estimate of drug-likeness (QED) is 0.751. The predicted molar refractivity (Wildman–Crippen MR) is 80.1 cm³/mol. The van der Waals surface area contributed by atoms with Crippen molar-refractivity contribution in [2.45, 2.75) is 25.4 Å². The van der Waals surface area contributed by atoms with E-state index in [1.54, 1.807) is 7.11 Å². The number of rotatable bonds is 7. The first-order valence-electron chi connectivity index (χ1n) is 7.42. The maximum absolute atomic E-state index is 11.8. The Hall–Kier alpha value is -1.47. The molecule has 6 heteroatoms. The van der Waals surface area contributed by atoms with Crippen molar-refractivity contribution in [3.8, 4) is 0 Å². The molecule has 0 aliphatic carbocycles. The number of aliphatic hydroxyl groups is 1. The highest BCUT2D eigenvalue weighted by atomic mass is 16.7. The lowest BCUT2D eigenvalue weighted by Crippen LogP contribution is -2.50. The number of hydrogen-bond acceptors (Lipinski definition) is 6. The zero-order chi connectivity index (χ0) is 15.8. The average molecular weight is 309 g/mol. The van der Waals surface area contributed by atoms with Crippen LogP contribution in [-0.2, 0) is 25.6 Å². The third-order valence-electron chi connectivity index (χ3n) is 3.55. The van der Waals surface area contributed by atoms with E-state index in [0.717, 1.165) is 5.56 Å². The summed E-state index contributed by atoms with van der Waals surface area (Å²) in [7, 11) is 1.57. The number of esters is 1. The molecule has 1 heterocycles. The van der Waals surface area contributed by atoms with Crippen molar-refractivity contribution in [2.75, 3.05) is 33.4 Å². The van der Waals surface area contributed by atoms with Crippen molar-refractivity contribution in [1.29, 1.82) is 0 Å². The van der Waals surface area contributed by atoms with Gasteiger partial charge >= 0.3 is 5.97 Å². The van der Waals surface area contributed by atoms with Crippen molar-refractivity contribution < 1.29 is 24.1 Å². The second-order valence-corrected chi connectivity index (χ2v) is 5.26. The predicted octanol–water partition coefficient (Wildman–Crippen LogP) is 0.785. The van der Waals surface area contributed by atoms with Gasteiger partial charge in [-0.15, -0.1) is 0 Å².